The van der Waals surface area contributed by atoms with E-state index in [9.17, 15) is 18.0 Å². The number of rotatable bonds is 5. The minimum absolute atomic E-state index is 0.302. The Morgan fingerprint density at radius 2 is 1.87 bits per heavy atom. The summed E-state index contributed by atoms with van der Waals surface area (Å²) in [6, 6.07) is 8.84. The van der Waals surface area contributed by atoms with Crippen molar-refractivity contribution in [2.24, 2.45) is 5.41 Å². The molecule has 0 saturated carbocycles. The number of aryl methyl sites for hydroxylation is 1. The van der Waals surface area contributed by atoms with Gasteiger partial charge < -0.3 is 15.0 Å². The minimum atomic E-state index is -4.56. The summed E-state index contributed by atoms with van der Waals surface area (Å²) in [7, 11) is 0. The zero-order chi connectivity index (χ0) is 26.5. The summed E-state index contributed by atoms with van der Waals surface area (Å²) >= 11 is 0. The van der Waals surface area contributed by atoms with Crippen molar-refractivity contribution in [3.63, 3.8) is 0 Å². The molecule has 3 aromatic heterocycles. The van der Waals surface area contributed by atoms with Gasteiger partial charge in [-0.2, -0.15) is 18.3 Å². The van der Waals surface area contributed by atoms with Gasteiger partial charge >= 0.3 is 6.18 Å². The standard InChI is InChI=1S/C27H23F3N6O2/c1-17-2-3-21(34-25(37)23-7-20(4-5-32-23)27(28,29)30)8-24(17)36-12-19(10-33-36)18-6-22(11-31-9-18)35-13-26(14-35)15-38-16-26/h2-12H,13-16H2,1H3,(H,34,37). The molecule has 2 saturated heterocycles. The van der Waals surface area contributed by atoms with Crippen molar-refractivity contribution in [2.45, 2.75) is 13.1 Å². The smallest absolute Gasteiger partial charge is 0.380 e. The lowest BCUT2D eigenvalue weighted by atomic mass is 9.78. The fourth-order valence-corrected chi connectivity index (χ4v) is 4.74. The number of hydrogen-bond acceptors (Lipinski definition) is 6. The molecule has 1 spiro atoms. The molecule has 38 heavy (non-hydrogen) atoms. The van der Waals surface area contributed by atoms with Gasteiger partial charge in [-0.3, -0.25) is 14.8 Å². The average Bonchev–Trinajstić information content (AvgIpc) is 3.33. The average molecular weight is 521 g/mol. The maximum atomic E-state index is 13.0. The molecule has 6 rings (SSSR count). The Kier molecular flexibility index (Phi) is 5.68. The molecule has 4 aromatic rings. The van der Waals surface area contributed by atoms with Crippen molar-refractivity contribution in [1.29, 1.82) is 0 Å². The van der Waals surface area contributed by atoms with Crippen LogP contribution in [0.15, 0.2) is 67.4 Å². The zero-order valence-electron chi connectivity index (χ0n) is 20.4. The summed E-state index contributed by atoms with van der Waals surface area (Å²) in [5.41, 5.74) is 3.92. The summed E-state index contributed by atoms with van der Waals surface area (Å²) in [6.07, 6.45) is 3.67. The lowest BCUT2D eigenvalue weighted by Gasteiger charge is -2.55. The van der Waals surface area contributed by atoms with Crippen LogP contribution >= 0.6 is 0 Å². The Morgan fingerprint density at radius 1 is 1.05 bits per heavy atom. The molecule has 1 amide bonds. The fourth-order valence-electron chi connectivity index (χ4n) is 4.74. The van der Waals surface area contributed by atoms with Crippen molar-refractivity contribution in [3.05, 3.63) is 84.2 Å². The van der Waals surface area contributed by atoms with Crippen LogP contribution in [0, 0.1) is 12.3 Å². The second kappa shape index (κ2) is 8.95. The van der Waals surface area contributed by atoms with E-state index in [2.05, 4.69) is 31.3 Å². The number of amides is 1. The first-order valence-corrected chi connectivity index (χ1v) is 12.0. The first kappa shape index (κ1) is 24.1. The van der Waals surface area contributed by atoms with Crippen LogP contribution in [-0.2, 0) is 10.9 Å². The monoisotopic (exact) mass is 520 g/mol. The number of nitrogens with one attached hydrogen (secondary N) is 1. The van der Waals surface area contributed by atoms with Gasteiger partial charge in [-0.1, -0.05) is 6.07 Å². The molecule has 2 aliphatic rings. The largest absolute Gasteiger partial charge is 0.416 e. The lowest BCUT2D eigenvalue weighted by molar-refractivity contribution is -0.137. The van der Waals surface area contributed by atoms with Gasteiger partial charge in [0.1, 0.15) is 5.69 Å². The van der Waals surface area contributed by atoms with Gasteiger partial charge in [0, 0.05) is 48.5 Å². The predicted octanol–water partition coefficient (Wildman–Crippen LogP) is 4.75. The molecule has 194 valence electrons. The summed E-state index contributed by atoms with van der Waals surface area (Å²) in [6.45, 7) is 5.47. The first-order valence-electron chi connectivity index (χ1n) is 12.0. The van der Waals surface area contributed by atoms with Crippen LogP contribution in [0.1, 0.15) is 21.6 Å². The number of halogens is 3. The second-order valence-corrected chi connectivity index (χ2v) is 9.84. The van der Waals surface area contributed by atoms with Crippen LogP contribution < -0.4 is 10.2 Å². The van der Waals surface area contributed by atoms with E-state index < -0.39 is 17.6 Å². The number of hydrogen-bond donors (Lipinski definition) is 1. The number of nitrogens with zero attached hydrogens (tertiary/aromatic N) is 5. The number of aromatic nitrogens is 4. The second-order valence-electron chi connectivity index (χ2n) is 9.84. The quantitative estimate of drug-likeness (QED) is 0.409. The Labute approximate surface area is 216 Å². The van der Waals surface area contributed by atoms with Gasteiger partial charge in [0.25, 0.3) is 5.91 Å². The molecule has 1 aromatic carbocycles. The van der Waals surface area contributed by atoms with E-state index in [1.54, 1.807) is 35.3 Å². The Bertz CT molecular complexity index is 1520. The highest BCUT2D eigenvalue weighted by Gasteiger charge is 2.49. The SMILES string of the molecule is Cc1ccc(NC(=O)c2cc(C(F)(F)F)ccn2)cc1-n1cc(-c2cncc(N3CC4(COC4)C3)c2)cn1. The third-order valence-corrected chi connectivity index (χ3v) is 6.91. The highest BCUT2D eigenvalue weighted by atomic mass is 19.4. The van der Waals surface area contributed by atoms with Gasteiger partial charge in [0.15, 0.2) is 0 Å². The Balaban J connectivity index is 1.20. The minimum Gasteiger partial charge on any atom is -0.380 e. The molecular formula is C27H23F3N6O2. The molecule has 0 bridgehead atoms. The van der Waals surface area contributed by atoms with Crippen LogP contribution in [-0.4, -0.2) is 52.0 Å². The van der Waals surface area contributed by atoms with E-state index in [4.69, 9.17) is 4.74 Å². The number of alkyl halides is 3. The van der Waals surface area contributed by atoms with Crippen molar-refractivity contribution >= 4 is 17.3 Å². The molecule has 5 heterocycles. The van der Waals surface area contributed by atoms with Crippen molar-refractivity contribution < 1.29 is 22.7 Å². The van der Waals surface area contributed by atoms with E-state index in [1.165, 1.54) is 0 Å². The summed E-state index contributed by atoms with van der Waals surface area (Å²) in [5.74, 6) is -0.740. The first-order chi connectivity index (χ1) is 18.2. The number of anilines is 2. The van der Waals surface area contributed by atoms with E-state index in [-0.39, 0.29) is 5.69 Å². The van der Waals surface area contributed by atoms with Crippen LogP contribution in [0.3, 0.4) is 0 Å². The summed E-state index contributed by atoms with van der Waals surface area (Å²) in [5, 5.41) is 7.13. The highest BCUT2D eigenvalue weighted by molar-refractivity contribution is 6.03. The molecule has 0 unspecified atom stereocenters. The van der Waals surface area contributed by atoms with Crippen molar-refractivity contribution in [1.82, 2.24) is 19.7 Å². The lowest BCUT2D eigenvalue weighted by Crippen LogP contribution is -2.66. The van der Waals surface area contributed by atoms with Gasteiger partial charge in [-0.25, -0.2) is 4.68 Å². The van der Waals surface area contributed by atoms with E-state index in [0.717, 1.165) is 67.0 Å². The molecule has 2 fully saturated rings. The number of ether oxygens (including phenoxy) is 1. The maximum Gasteiger partial charge on any atom is 0.416 e. The van der Waals surface area contributed by atoms with Crippen LogP contribution in [0.5, 0.6) is 0 Å². The van der Waals surface area contributed by atoms with E-state index >= 15 is 0 Å². The zero-order valence-corrected chi connectivity index (χ0v) is 20.4. The normalized spacial score (nSPS) is 16.2. The molecule has 0 radical (unpaired) electrons. The topological polar surface area (TPSA) is 85.2 Å². The molecule has 2 aliphatic heterocycles. The van der Waals surface area contributed by atoms with Crippen molar-refractivity contribution in [2.75, 3.05) is 36.5 Å². The van der Waals surface area contributed by atoms with Crippen molar-refractivity contribution in [3.8, 4) is 16.8 Å². The molecule has 0 aliphatic carbocycles. The molecule has 1 N–H and O–H groups in total. The number of benzene rings is 1. The predicted molar refractivity (Wildman–Crippen MR) is 134 cm³/mol. The maximum absolute atomic E-state index is 13.0. The molecule has 8 nitrogen and oxygen atoms in total. The molecule has 11 heteroatoms. The summed E-state index contributed by atoms with van der Waals surface area (Å²) < 4.78 is 46.1. The fraction of sp³-hybridized carbons (Fsp3) is 0.259. The Morgan fingerprint density at radius 3 is 2.61 bits per heavy atom. The molecule has 0 atom stereocenters. The van der Waals surface area contributed by atoms with E-state index in [0.29, 0.717) is 16.8 Å². The van der Waals surface area contributed by atoms with E-state index in [1.807, 2.05) is 19.3 Å². The summed E-state index contributed by atoms with van der Waals surface area (Å²) in [4.78, 5) is 23.1. The number of pyridine rings is 2. The van der Waals surface area contributed by atoms with Gasteiger partial charge in [0.2, 0.25) is 0 Å². The number of carbonyl (C=O) groups is 1. The highest BCUT2D eigenvalue weighted by Crippen LogP contribution is 2.40. The van der Waals surface area contributed by atoms with Gasteiger partial charge in [0.05, 0.1) is 48.0 Å². The van der Waals surface area contributed by atoms with Gasteiger partial charge in [-0.15, -0.1) is 0 Å². The third kappa shape index (κ3) is 4.49. The third-order valence-electron chi connectivity index (χ3n) is 6.91. The Hall–Kier alpha value is -4.25. The van der Waals surface area contributed by atoms with Crippen LogP contribution in [0.25, 0.3) is 16.8 Å². The van der Waals surface area contributed by atoms with Crippen LogP contribution in [0.4, 0.5) is 24.5 Å². The number of carbonyl (C=O) groups excluding carboxylic acids is 1. The van der Waals surface area contributed by atoms with Crippen LogP contribution in [0.2, 0.25) is 0 Å². The van der Waals surface area contributed by atoms with Gasteiger partial charge in [-0.05, 0) is 42.8 Å². The molecular weight excluding hydrogens is 497 g/mol.